The summed E-state index contributed by atoms with van der Waals surface area (Å²) in [5.74, 6) is -0.629. The second-order valence-corrected chi connectivity index (χ2v) is 3.02. The molecule has 4 heteroatoms. The maximum atomic E-state index is 10.7. The molecule has 0 saturated heterocycles. The van der Waals surface area contributed by atoms with Gasteiger partial charge in [-0.3, -0.25) is 0 Å². The fourth-order valence-electron chi connectivity index (χ4n) is 1.34. The van der Waals surface area contributed by atoms with Gasteiger partial charge >= 0.3 is 5.97 Å². The van der Waals surface area contributed by atoms with Crippen molar-refractivity contribution in [3.05, 3.63) is 29.5 Å². The summed E-state index contributed by atoms with van der Waals surface area (Å²) in [6.07, 6.45) is 0. The van der Waals surface area contributed by atoms with Gasteiger partial charge in [0.15, 0.2) is 5.75 Å². The molecule has 1 heterocycles. The minimum absolute atomic E-state index is 0.00287. The van der Waals surface area contributed by atoms with E-state index >= 15 is 0 Å². The fourth-order valence-corrected chi connectivity index (χ4v) is 1.34. The molecular weight excluding hydrogens is 184 g/mol. The van der Waals surface area contributed by atoms with E-state index in [0.717, 1.165) is 0 Å². The van der Waals surface area contributed by atoms with Gasteiger partial charge in [-0.2, -0.15) is 0 Å². The van der Waals surface area contributed by atoms with Gasteiger partial charge in [-0.25, -0.2) is 4.79 Å². The Balaban J connectivity index is 2.76. The Hall–Kier alpha value is -1.97. The number of hydrogen-bond donors (Lipinski definition) is 2. The largest absolute Gasteiger partial charge is 0.504 e. The van der Waals surface area contributed by atoms with E-state index in [1.807, 2.05) is 0 Å². The zero-order valence-corrected chi connectivity index (χ0v) is 7.44. The number of fused-ring (bicyclic) bond motifs is 1. The normalized spacial score (nSPS) is 10.6. The summed E-state index contributed by atoms with van der Waals surface area (Å²) in [5, 5.41) is 18.7. The topological polar surface area (TPSA) is 70.7 Å². The van der Waals surface area contributed by atoms with E-state index in [2.05, 4.69) is 0 Å². The Morgan fingerprint density at radius 1 is 1.43 bits per heavy atom. The number of aromatic carboxylic acids is 1. The van der Waals surface area contributed by atoms with Crippen LogP contribution in [0.2, 0.25) is 0 Å². The maximum absolute atomic E-state index is 10.7. The lowest BCUT2D eigenvalue weighted by Crippen LogP contribution is -1.94. The minimum Gasteiger partial charge on any atom is -0.504 e. The van der Waals surface area contributed by atoms with Crippen molar-refractivity contribution < 1.29 is 19.4 Å². The number of aryl methyl sites for hydroxylation is 1. The first-order valence-corrected chi connectivity index (χ1v) is 4.05. The van der Waals surface area contributed by atoms with Crippen LogP contribution in [-0.4, -0.2) is 16.2 Å². The van der Waals surface area contributed by atoms with Crippen molar-refractivity contribution in [2.45, 2.75) is 6.92 Å². The maximum Gasteiger partial charge on any atom is 0.335 e. The number of carboxylic acid groups (broad SMARTS) is 1. The predicted molar refractivity (Wildman–Crippen MR) is 49.6 cm³/mol. The third-order valence-corrected chi connectivity index (χ3v) is 2.08. The number of rotatable bonds is 1. The second kappa shape index (κ2) is 2.77. The summed E-state index contributed by atoms with van der Waals surface area (Å²) in [7, 11) is 0. The number of carboxylic acids is 1. The lowest BCUT2D eigenvalue weighted by molar-refractivity contribution is 0.0697. The number of hydrogen-bond acceptors (Lipinski definition) is 3. The molecule has 0 fully saturated rings. The van der Waals surface area contributed by atoms with Crippen molar-refractivity contribution in [2.75, 3.05) is 0 Å². The molecule has 1 aromatic carbocycles. The quantitative estimate of drug-likeness (QED) is 0.726. The van der Waals surface area contributed by atoms with E-state index in [1.54, 1.807) is 6.92 Å². The Bertz CT molecular complexity index is 510. The zero-order chi connectivity index (χ0) is 10.3. The van der Waals surface area contributed by atoms with Crippen LogP contribution in [0.1, 0.15) is 16.1 Å². The van der Waals surface area contributed by atoms with E-state index in [0.29, 0.717) is 16.7 Å². The number of carbonyl (C=O) groups is 1. The minimum atomic E-state index is -1.02. The monoisotopic (exact) mass is 192 g/mol. The van der Waals surface area contributed by atoms with Crippen LogP contribution >= 0.6 is 0 Å². The van der Waals surface area contributed by atoms with Crippen LogP contribution in [0, 0.1) is 6.92 Å². The molecule has 0 atom stereocenters. The van der Waals surface area contributed by atoms with Crippen LogP contribution in [-0.2, 0) is 0 Å². The molecule has 72 valence electrons. The van der Waals surface area contributed by atoms with E-state index in [-0.39, 0.29) is 11.3 Å². The SMILES string of the molecule is Cc1oc2ccc(C(=O)O)cc2c1O. The molecule has 1 aromatic heterocycles. The van der Waals surface area contributed by atoms with Gasteiger partial charge in [-0.05, 0) is 25.1 Å². The van der Waals surface area contributed by atoms with Gasteiger partial charge in [0.1, 0.15) is 11.3 Å². The number of aromatic hydroxyl groups is 1. The number of benzene rings is 1. The molecule has 2 aromatic rings. The molecule has 0 bridgehead atoms. The van der Waals surface area contributed by atoms with Gasteiger partial charge in [0.25, 0.3) is 0 Å². The smallest absolute Gasteiger partial charge is 0.335 e. The van der Waals surface area contributed by atoms with E-state index in [4.69, 9.17) is 9.52 Å². The Morgan fingerprint density at radius 2 is 2.14 bits per heavy atom. The molecule has 4 nitrogen and oxygen atoms in total. The molecule has 0 aliphatic heterocycles. The summed E-state index contributed by atoms with van der Waals surface area (Å²) >= 11 is 0. The van der Waals surface area contributed by atoms with Crippen LogP contribution < -0.4 is 0 Å². The summed E-state index contributed by atoms with van der Waals surface area (Å²) in [4.78, 5) is 10.7. The predicted octanol–water partition coefficient (Wildman–Crippen LogP) is 2.15. The second-order valence-electron chi connectivity index (χ2n) is 3.02. The van der Waals surface area contributed by atoms with E-state index in [1.165, 1.54) is 18.2 Å². The molecule has 2 N–H and O–H groups in total. The highest BCUT2D eigenvalue weighted by Gasteiger charge is 2.11. The standard InChI is InChI=1S/C10H8O4/c1-5-9(11)7-4-6(10(12)13)2-3-8(7)14-5/h2-4,11H,1H3,(H,12,13). The molecule has 0 saturated carbocycles. The van der Waals surface area contributed by atoms with Gasteiger partial charge in [0.2, 0.25) is 0 Å². The Labute approximate surface area is 79.4 Å². The van der Waals surface area contributed by atoms with Gasteiger partial charge in [-0.15, -0.1) is 0 Å². The van der Waals surface area contributed by atoms with E-state index in [9.17, 15) is 9.90 Å². The van der Waals surface area contributed by atoms with Crippen LogP contribution in [0.3, 0.4) is 0 Å². The first-order chi connectivity index (χ1) is 6.59. The van der Waals surface area contributed by atoms with Gasteiger partial charge in [0.05, 0.1) is 10.9 Å². The summed E-state index contributed by atoms with van der Waals surface area (Å²) in [6.45, 7) is 1.62. The van der Waals surface area contributed by atoms with Crippen molar-refractivity contribution in [3.63, 3.8) is 0 Å². The highest BCUT2D eigenvalue weighted by Crippen LogP contribution is 2.31. The summed E-state index contributed by atoms with van der Waals surface area (Å²) in [6, 6.07) is 4.36. The van der Waals surface area contributed by atoms with Crippen LogP contribution in [0.15, 0.2) is 22.6 Å². The van der Waals surface area contributed by atoms with Crippen molar-refractivity contribution >= 4 is 16.9 Å². The van der Waals surface area contributed by atoms with Gasteiger partial charge in [-0.1, -0.05) is 0 Å². The number of furan rings is 1. The molecule has 0 aliphatic carbocycles. The average Bonchev–Trinajstić information content (AvgIpc) is 2.43. The molecular formula is C10H8O4. The molecule has 0 amide bonds. The van der Waals surface area contributed by atoms with Crippen LogP contribution in [0.4, 0.5) is 0 Å². The van der Waals surface area contributed by atoms with Gasteiger partial charge < -0.3 is 14.6 Å². The highest BCUT2D eigenvalue weighted by atomic mass is 16.4. The molecule has 14 heavy (non-hydrogen) atoms. The Morgan fingerprint density at radius 3 is 2.79 bits per heavy atom. The van der Waals surface area contributed by atoms with Crippen LogP contribution in [0.5, 0.6) is 5.75 Å². The van der Waals surface area contributed by atoms with Crippen molar-refractivity contribution in [1.82, 2.24) is 0 Å². The van der Waals surface area contributed by atoms with E-state index < -0.39 is 5.97 Å². The van der Waals surface area contributed by atoms with Crippen molar-refractivity contribution in [1.29, 1.82) is 0 Å². The van der Waals surface area contributed by atoms with Crippen molar-refractivity contribution in [2.24, 2.45) is 0 Å². The molecule has 0 unspecified atom stereocenters. The third kappa shape index (κ3) is 1.12. The highest BCUT2D eigenvalue weighted by molar-refractivity contribution is 5.95. The lowest BCUT2D eigenvalue weighted by atomic mass is 10.1. The molecule has 0 spiro atoms. The molecule has 2 rings (SSSR count). The molecule has 0 aliphatic rings. The van der Waals surface area contributed by atoms with Crippen molar-refractivity contribution in [3.8, 4) is 5.75 Å². The third-order valence-electron chi connectivity index (χ3n) is 2.08. The van der Waals surface area contributed by atoms with Gasteiger partial charge in [0, 0.05) is 0 Å². The fraction of sp³-hybridized carbons (Fsp3) is 0.100. The summed E-state index contributed by atoms with van der Waals surface area (Å²) < 4.78 is 5.19. The average molecular weight is 192 g/mol. The van der Waals surface area contributed by atoms with Crippen LogP contribution in [0.25, 0.3) is 11.0 Å². The first kappa shape index (κ1) is 8.62. The first-order valence-electron chi connectivity index (χ1n) is 4.05. The summed E-state index contributed by atoms with van der Waals surface area (Å²) in [5.41, 5.74) is 0.624. The zero-order valence-electron chi connectivity index (χ0n) is 7.44. The Kier molecular flexibility index (Phi) is 1.70. The molecule has 0 radical (unpaired) electrons. The lowest BCUT2D eigenvalue weighted by Gasteiger charge is -1.93.